The number of allylic oxidation sites excluding steroid dienone is 3. The number of rotatable bonds is 1. The maximum absolute atomic E-state index is 11.3. The normalized spacial score (nSPS) is 20.3. The summed E-state index contributed by atoms with van der Waals surface area (Å²) in [6, 6.07) is 4.53. The lowest BCUT2D eigenvalue weighted by Gasteiger charge is -2.29. The highest BCUT2D eigenvalue weighted by Crippen LogP contribution is 2.41. The molecular weight excluding hydrogens is 464 g/mol. The molecule has 4 heteroatoms. The largest absolute Gasteiger partial charge is 0.350 e. The van der Waals surface area contributed by atoms with E-state index < -0.39 is 0 Å². The first-order valence-corrected chi connectivity index (χ1v) is 8.37. The molecule has 0 aliphatic heterocycles. The van der Waals surface area contributed by atoms with Crippen LogP contribution < -0.4 is 5.32 Å². The van der Waals surface area contributed by atoms with Gasteiger partial charge in [0.1, 0.15) is 0 Å². The molecule has 0 fully saturated rings. The van der Waals surface area contributed by atoms with Gasteiger partial charge < -0.3 is 5.32 Å². The monoisotopic (exact) mass is 477 g/mol. The van der Waals surface area contributed by atoms with Crippen LogP contribution >= 0.6 is 45.2 Å². The number of amides is 1. The fraction of sp³-hybridized carbons (Fsp3) is 0.267. The topological polar surface area (TPSA) is 29.1 Å². The van der Waals surface area contributed by atoms with E-state index in [1.165, 1.54) is 29.4 Å². The van der Waals surface area contributed by atoms with Crippen LogP contribution in [0, 0.1) is 3.57 Å². The Morgan fingerprint density at radius 3 is 2.89 bits per heavy atom. The van der Waals surface area contributed by atoms with Gasteiger partial charge in [0.25, 0.3) is 0 Å². The number of benzene rings is 1. The molecule has 3 rings (SSSR count). The van der Waals surface area contributed by atoms with E-state index in [1.807, 2.05) is 0 Å². The summed E-state index contributed by atoms with van der Waals surface area (Å²) in [5.41, 5.74) is 5.49. The highest BCUT2D eigenvalue weighted by Gasteiger charge is 2.27. The molecule has 0 heterocycles. The third-order valence-electron chi connectivity index (χ3n) is 3.55. The molecule has 0 spiro atoms. The van der Waals surface area contributed by atoms with Gasteiger partial charge in [-0.25, -0.2) is 0 Å². The first-order chi connectivity index (χ1) is 9.06. The lowest BCUT2D eigenvalue weighted by atomic mass is 9.81. The van der Waals surface area contributed by atoms with Crippen molar-refractivity contribution in [2.24, 2.45) is 0 Å². The fourth-order valence-electron chi connectivity index (χ4n) is 2.80. The quantitative estimate of drug-likeness (QED) is 0.616. The highest BCUT2D eigenvalue weighted by molar-refractivity contribution is 14.1. The Bertz CT molecular complexity index is 631. The van der Waals surface area contributed by atoms with Crippen LogP contribution in [0.4, 0.5) is 0 Å². The molecule has 0 saturated carbocycles. The van der Waals surface area contributed by atoms with Crippen LogP contribution in [-0.4, -0.2) is 11.9 Å². The predicted molar refractivity (Wildman–Crippen MR) is 94.3 cm³/mol. The molecule has 2 nitrogen and oxygen atoms in total. The van der Waals surface area contributed by atoms with Crippen LogP contribution in [0.2, 0.25) is 0 Å². The van der Waals surface area contributed by atoms with Gasteiger partial charge in [0.15, 0.2) is 0 Å². The minimum absolute atomic E-state index is 0.0336. The van der Waals surface area contributed by atoms with Crippen molar-refractivity contribution in [2.75, 3.05) is 0 Å². The van der Waals surface area contributed by atoms with Gasteiger partial charge in [-0.1, -0.05) is 18.2 Å². The predicted octanol–water partition coefficient (Wildman–Crippen LogP) is 3.61. The maximum Gasteiger partial charge on any atom is 0.217 e. The smallest absolute Gasteiger partial charge is 0.217 e. The molecule has 0 radical (unpaired) electrons. The van der Waals surface area contributed by atoms with E-state index in [0.29, 0.717) is 0 Å². The maximum atomic E-state index is 11.3. The lowest BCUT2D eigenvalue weighted by Crippen LogP contribution is -2.36. The molecule has 98 valence electrons. The molecule has 2 aliphatic rings. The second kappa shape index (κ2) is 5.20. The Morgan fingerprint density at radius 2 is 2.16 bits per heavy atom. The lowest BCUT2D eigenvalue weighted by molar-refractivity contribution is -0.119. The van der Waals surface area contributed by atoms with Crippen molar-refractivity contribution in [3.8, 4) is 0 Å². The summed E-state index contributed by atoms with van der Waals surface area (Å²) < 4.78 is 2.59. The Hall–Kier alpha value is -0.370. The van der Waals surface area contributed by atoms with Gasteiger partial charge in [0.2, 0.25) is 5.91 Å². The van der Waals surface area contributed by atoms with Crippen LogP contribution in [0.1, 0.15) is 23.6 Å². The van der Waals surface area contributed by atoms with E-state index in [1.54, 1.807) is 6.92 Å². The summed E-state index contributed by atoms with van der Waals surface area (Å²) in [6.45, 7) is 1.58. The van der Waals surface area contributed by atoms with Gasteiger partial charge in [-0.15, -0.1) is 0 Å². The van der Waals surface area contributed by atoms with E-state index in [2.05, 4.69) is 74.8 Å². The summed E-state index contributed by atoms with van der Waals surface area (Å²) in [7, 11) is 0. The summed E-state index contributed by atoms with van der Waals surface area (Å²) in [5.74, 6) is 0.0336. The van der Waals surface area contributed by atoms with Crippen molar-refractivity contribution in [2.45, 2.75) is 25.8 Å². The average molecular weight is 477 g/mol. The molecule has 19 heavy (non-hydrogen) atoms. The third kappa shape index (κ3) is 2.49. The van der Waals surface area contributed by atoms with Crippen molar-refractivity contribution < 1.29 is 4.79 Å². The van der Waals surface area contributed by atoms with Crippen molar-refractivity contribution in [1.82, 2.24) is 5.32 Å². The molecule has 1 aromatic rings. The molecule has 0 aromatic heterocycles. The molecular formula is C15H13I2NO. The highest BCUT2D eigenvalue weighted by atomic mass is 127. The third-order valence-corrected chi connectivity index (χ3v) is 5.58. The second-order valence-corrected chi connectivity index (χ2v) is 7.23. The van der Waals surface area contributed by atoms with Gasteiger partial charge in [0.05, 0.1) is 6.04 Å². The van der Waals surface area contributed by atoms with E-state index in [0.717, 1.165) is 12.8 Å². The minimum Gasteiger partial charge on any atom is -0.350 e. The number of carbonyl (C=O) groups is 1. The van der Waals surface area contributed by atoms with E-state index >= 15 is 0 Å². The van der Waals surface area contributed by atoms with Crippen molar-refractivity contribution >= 4 is 56.7 Å². The van der Waals surface area contributed by atoms with E-state index in [4.69, 9.17) is 0 Å². The number of hydrogen-bond donors (Lipinski definition) is 1. The first kappa shape index (κ1) is 13.6. The fourth-order valence-corrected chi connectivity index (χ4v) is 4.14. The van der Waals surface area contributed by atoms with Crippen LogP contribution in [0.3, 0.4) is 0 Å². The van der Waals surface area contributed by atoms with Crippen molar-refractivity contribution in [3.63, 3.8) is 0 Å². The van der Waals surface area contributed by atoms with Crippen molar-refractivity contribution in [1.29, 1.82) is 0 Å². The Morgan fingerprint density at radius 1 is 1.37 bits per heavy atom. The first-order valence-electron chi connectivity index (χ1n) is 6.22. The van der Waals surface area contributed by atoms with Gasteiger partial charge >= 0.3 is 0 Å². The molecule has 0 bridgehead atoms. The van der Waals surface area contributed by atoms with Crippen LogP contribution in [-0.2, 0) is 17.6 Å². The zero-order chi connectivity index (χ0) is 13.6. The molecule has 0 saturated heterocycles. The van der Waals surface area contributed by atoms with Crippen LogP contribution in [0.25, 0.3) is 5.57 Å². The number of hydrogen-bond acceptors (Lipinski definition) is 1. The molecule has 1 amide bonds. The molecule has 1 unspecified atom stereocenters. The number of nitrogens with one attached hydrogen (secondary N) is 1. The number of halogens is 2. The zero-order valence-electron chi connectivity index (χ0n) is 10.5. The van der Waals surface area contributed by atoms with E-state index in [-0.39, 0.29) is 11.9 Å². The minimum atomic E-state index is 0.0336. The van der Waals surface area contributed by atoms with Gasteiger partial charge in [-0.05, 0) is 86.4 Å². The molecule has 1 N–H and O–H groups in total. The van der Waals surface area contributed by atoms with Crippen LogP contribution in [0.15, 0.2) is 27.9 Å². The zero-order valence-corrected chi connectivity index (χ0v) is 14.8. The Kier molecular flexibility index (Phi) is 3.72. The second-order valence-electron chi connectivity index (χ2n) is 4.91. The van der Waals surface area contributed by atoms with E-state index in [9.17, 15) is 4.79 Å². The summed E-state index contributed by atoms with van der Waals surface area (Å²) in [4.78, 5) is 11.3. The summed E-state index contributed by atoms with van der Waals surface area (Å²) >= 11 is 4.80. The SMILES string of the molecule is CC(=O)NC1C=C2C(I)=CCc3ccc(I)c(c32)C1. The van der Waals surface area contributed by atoms with Gasteiger partial charge in [-0.3, -0.25) is 4.79 Å². The molecule has 1 atom stereocenters. The Balaban J connectivity index is 2.14. The molecule has 1 aromatic carbocycles. The van der Waals surface area contributed by atoms with Crippen LogP contribution in [0.5, 0.6) is 0 Å². The molecule has 2 aliphatic carbocycles. The number of carbonyl (C=O) groups excluding carboxylic acids is 1. The van der Waals surface area contributed by atoms with Crippen molar-refractivity contribution in [3.05, 3.63) is 48.1 Å². The average Bonchev–Trinajstić information content (AvgIpc) is 2.36. The Labute approximate surface area is 140 Å². The van der Waals surface area contributed by atoms with Gasteiger partial charge in [0, 0.05) is 14.1 Å². The summed E-state index contributed by atoms with van der Waals surface area (Å²) in [6.07, 6.45) is 6.39. The van der Waals surface area contributed by atoms with Gasteiger partial charge in [-0.2, -0.15) is 0 Å². The summed E-state index contributed by atoms with van der Waals surface area (Å²) in [5, 5.41) is 3.03. The standard InChI is InChI=1S/C15H13I2NO/c1-8(19)18-10-6-11-13(16)4-2-9-3-5-14(17)12(7-10)15(9)11/h2,4-5,7,10H,3,6H2,1H3,(H,18,19).